The van der Waals surface area contributed by atoms with Gasteiger partial charge in [0.2, 0.25) is 5.82 Å². The highest BCUT2D eigenvalue weighted by Crippen LogP contribution is 2.25. The van der Waals surface area contributed by atoms with E-state index in [1.807, 2.05) is 36.3 Å². The first kappa shape index (κ1) is 15.0. The summed E-state index contributed by atoms with van der Waals surface area (Å²) < 4.78 is 66.2. The zero-order valence-electron chi connectivity index (χ0n) is 11.4. The van der Waals surface area contributed by atoms with Gasteiger partial charge in [0.15, 0.2) is 23.3 Å². The molecule has 0 atom stereocenters. The number of hydrogen-bond donors (Lipinski definition) is 0. The molecule has 0 fully saturated rings. The first-order valence-electron chi connectivity index (χ1n) is 6.51. The van der Waals surface area contributed by atoms with Gasteiger partial charge >= 0.3 is 0 Å². The molecule has 0 saturated heterocycles. The number of fused-ring (bicyclic) bond motifs is 1. The second kappa shape index (κ2) is 5.73. The second-order valence-corrected chi connectivity index (χ2v) is 4.76. The van der Waals surface area contributed by atoms with E-state index in [1.54, 1.807) is 12.1 Å². The summed E-state index contributed by atoms with van der Waals surface area (Å²) in [6.45, 7) is 0. The molecule has 0 nitrogen and oxygen atoms in total. The van der Waals surface area contributed by atoms with Crippen molar-refractivity contribution in [2.75, 3.05) is 0 Å². The van der Waals surface area contributed by atoms with Gasteiger partial charge in [0.05, 0.1) is 0 Å². The Bertz CT molecular complexity index is 874. The molecule has 0 spiro atoms. The van der Waals surface area contributed by atoms with Crippen molar-refractivity contribution in [3.05, 3.63) is 82.7 Å². The monoisotopic (exact) mass is 318 g/mol. The summed E-state index contributed by atoms with van der Waals surface area (Å²) in [7, 11) is 0. The van der Waals surface area contributed by atoms with Crippen molar-refractivity contribution in [3.8, 4) is 23.0 Å². The SMILES string of the molecule is Fc1c(F)c(F)c(C#Cc2cc3cccccc-3c2)c(F)c1F. The summed E-state index contributed by atoms with van der Waals surface area (Å²) in [5.74, 6) is -5.62. The van der Waals surface area contributed by atoms with Gasteiger partial charge in [-0.1, -0.05) is 42.2 Å². The van der Waals surface area contributed by atoms with E-state index in [4.69, 9.17) is 0 Å². The van der Waals surface area contributed by atoms with Crippen LogP contribution in [0.5, 0.6) is 0 Å². The molecule has 0 saturated carbocycles. The summed E-state index contributed by atoms with van der Waals surface area (Å²) >= 11 is 0. The smallest absolute Gasteiger partial charge is 0.200 e. The first-order valence-corrected chi connectivity index (χ1v) is 6.51. The van der Waals surface area contributed by atoms with Gasteiger partial charge in [-0.05, 0) is 23.3 Å². The van der Waals surface area contributed by atoms with Crippen LogP contribution in [0.15, 0.2) is 42.5 Å². The minimum Gasteiger partial charge on any atom is -0.202 e. The second-order valence-electron chi connectivity index (χ2n) is 4.76. The van der Waals surface area contributed by atoms with Gasteiger partial charge in [0.1, 0.15) is 5.56 Å². The molecule has 5 heteroatoms. The molecule has 2 aliphatic carbocycles. The van der Waals surface area contributed by atoms with E-state index in [9.17, 15) is 22.0 Å². The van der Waals surface area contributed by atoms with Crippen LogP contribution in [0.1, 0.15) is 11.1 Å². The summed E-state index contributed by atoms with van der Waals surface area (Å²) in [6, 6.07) is 12.4. The van der Waals surface area contributed by atoms with Crippen molar-refractivity contribution in [2.24, 2.45) is 0 Å². The maximum absolute atomic E-state index is 13.5. The minimum atomic E-state index is -2.20. The van der Waals surface area contributed by atoms with Gasteiger partial charge in [-0.3, -0.25) is 0 Å². The zero-order valence-corrected chi connectivity index (χ0v) is 11.4. The third-order valence-corrected chi connectivity index (χ3v) is 3.27. The molecule has 0 radical (unpaired) electrons. The third kappa shape index (κ3) is 2.64. The molecule has 0 aliphatic heterocycles. The van der Waals surface area contributed by atoms with Gasteiger partial charge in [-0.25, -0.2) is 22.0 Å². The van der Waals surface area contributed by atoms with Crippen LogP contribution in [-0.4, -0.2) is 0 Å². The number of halogens is 5. The predicted octanol–water partition coefficient (Wildman–Crippen LogP) is 4.89. The molecule has 0 heterocycles. The van der Waals surface area contributed by atoms with Gasteiger partial charge in [-0.15, -0.1) is 0 Å². The van der Waals surface area contributed by atoms with Crippen LogP contribution in [-0.2, 0) is 0 Å². The lowest BCUT2D eigenvalue weighted by molar-refractivity contribution is 0.376. The lowest BCUT2D eigenvalue weighted by Gasteiger charge is -2.02. The Hall–Kier alpha value is -2.87. The highest BCUT2D eigenvalue weighted by atomic mass is 19.2. The van der Waals surface area contributed by atoms with Gasteiger partial charge in [0, 0.05) is 5.56 Å². The van der Waals surface area contributed by atoms with E-state index in [-0.39, 0.29) is 0 Å². The van der Waals surface area contributed by atoms with Gasteiger partial charge < -0.3 is 0 Å². The lowest BCUT2D eigenvalue weighted by atomic mass is 10.1. The van der Waals surface area contributed by atoms with Crippen LogP contribution in [0.2, 0.25) is 0 Å². The quantitative estimate of drug-likeness (QED) is 0.240. The predicted molar refractivity (Wildman–Crippen MR) is 75.3 cm³/mol. The molecule has 2 aliphatic rings. The molecule has 0 unspecified atom stereocenters. The average molecular weight is 318 g/mol. The summed E-state index contributed by atoms with van der Waals surface area (Å²) in [5, 5.41) is 0. The van der Waals surface area contributed by atoms with Crippen molar-refractivity contribution in [1.82, 2.24) is 0 Å². The Labute approximate surface area is 128 Å². The van der Waals surface area contributed by atoms with Crippen LogP contribution in [0.25, 0.3) is 11.1 Å². The summed E-state index contributed by atoms with van der Waals surface area (Å²) in [4.78, 5) is 0. The Morgan fingerprint density at radius 3 is 1.57 bits per heavy atom. The molecule has 114 valence electrons. The first-order chi connectivity index (χ1) is 11.0. The van der Waals surface area contributed by atoms with Crippen LogP contribution in [0, 0.1) is 40.9 Å². The van der Waals surface area contributed by atoms with Crippen molar-refractivity contribution in [3.63, 3.8) is 0 Å². The Balaban J connectivity index is 2.10. The van der Waals surface area contributed by atoms with Gasteiger partial charge in [-0.2, -0.15) is 0 Å². The standard InChI is InChI=1S/C18H7F5/c19-14-13(15(20)17(22)18(23)16(14)21)7-6-10-8-11-4-2-1-3-5-12(11)9-10/h1-5,8-9H. The van der Waals surface area contributed by atoms with Crippen molar-refractivity contribution in [1.29, 1.82) is 0 Å². The van der Waals surface area contributed by atoms with Crippen LogP contribution in [0.3, 0.4) is 0 Å². The molecule has 0 bridgehead atoms. The third-order valence-electron chi connectivity index (χ3n) is 3.27. The van der Waals surface area contributed by atoms with E-state index in [2.05, 4.69) is 5.92 Å². The summed E-state index contributed by atoms with van der Waals surface area (Å²) in [6.07, 6.45) is 0. The van der Waals surface area contributed by atoms with E-state index in [0.717, 1.165) is 11.1 Å². The average Bonchev–Trinajstić information content (AvgIpc) is 2.80. The fraction of sp³-hybridized carbons (Fsp3) is 0. The molecule has 0 N–H and O–H groups in total. The molecule has 0 amide bonds. The molecule has 1 aromatic rings. The molecular formula is C18H7F5. The fourth-order valence-corrected chi connectivity index (χ4v) is 2.14. The van der Waals surface area contributed by atoms with Gasteiger partial charge in [0.25, 0.3) is 0 Å². The molecule has 1 aromatic carbocycles. The molecular weight excluding hydrogens is 311 g/mol. The summed E-state index contributed by atoms with van der Waals surface area (Å²) in [5.41, 5.74) is 0.959. The zero-order chi connectivity index (χ0) is 16.6. The van der Waals surface area contributed by atoms with Crippen LogP contribution in [0.4, 0.5) is 22.0 Å². The van der Waals surface area contributed by atoms with Crippen molar-refractivity contribution < 1.29 is 22.0 Å². The largest absolute Gasteiger partial charge is 0.202 e. The van der Waals surface area contributed by atoms with Crippen LogP contribution < -0.4 is 0 Å². The van der Waals surface area contributed by atoms with E-state index in [0.29, 0.717) is 5.56 Å². The van der Waals surface area contributed by atoms with E-state index in [1.165, 1.54) is 0 Å². The molecule has 23 heavy (non-hydrogen) atoms. The topological polar surface area (TPSA) is 0 Å². The lowest BCUT2D eigenvalue weighted by Crippen LogP contribution is -2.04. The maximum atomic E-state index is 13.5. The van der Waals surface area contributed by atoms with Crippen molar-refractivity contribution >= 4 is 0 Å². The number of rotatable bonds is 0. The Morgan fingerprint density at radius 1 is 0.565 bits per heavy atom. The maximum Gasteiger partial charge on any atom is 0.200 e. The van der Waals surface area contributed by atoms with Crippen LogP contribution >= 0.6 is 0 Å². The van der Waals surface area contributed by atoms with Crippen molar-refractivity contribution in [2.45, 2.75) is 0 Å². The Kier molecular flexibility index (Phi) is 3.75. The molecule has 3 rings (SSSR count). The van der Waals surface area contributed by atoms with E-state index >= 15 is 0 Å². The normalized spacial score (nSPS) is 10.5. The van der Waals surface area contributed by atoms with E-state index < -0.39 is 34.6 Å². The highest BCUT2D eigenvalue weighted by molar-refractivity contribution is 5.70. The Morgan fingerprint density at radius 2 is 1.04 bits per heavy atom. The minimum absolute atomic E-state index is 0.412. The number of benzene rings is 1. The molecule has 0 aromatic heterocycles. The fourth-order valence-electron chi connectivity index (χ4n) is 2.14. The highest BCUT2D eigenvalue weighted by Gasteiger charge is 2.24. The number of hydrogen-bond acceptors (Lipinski definition) is 0.